The Morgan fingerprint density at radius 3 is 1.03 bits per heavy atom. The molecule has 6 heteroatoms. The van der Waals surface area contributed by atoms with E-state index in [0.717, 1.165) is 57.8 Å². The second kappa shape index (κ2) is 58.9. The number of hydrogen-bond acceptors (Lipinski definition) is 5. The van der Waals surface area contributed by atoms with Crippen molar-refractivity contribution in [1.82, 2.24) is 5.32 Å². The van der Waals surface area contributed by atoms with Crippen LogP contribution in [0.3, 0.4) is 0 Å². The number of aliphatic hydroxyl groups is 2. The third kappa shape index (κ3) is 55.5. The zero-order valence-electron chi connectivity index (χ0n) is 46.6. The van der Waals surface area contributed by atoms with E-state index in [0.29, 0.717) is 19.4 Å². The second-order valence-corrected chi connectivity index (χ2v) is 21.4. The summed E-state index contributed by atoms with van der Waals surface area (Å²) >= 11 is 0. The topological polar surface area (TPSA) is 95.9 Å². The van der Waals surface area contributed by atoms with Crippen molar-refractivity contribution in [1.29, 1.82) is 0 Å². The van der Waals surface area contributed by atoms with Gasteiger partial charge in [-0.3, -0.25) is 9.59 Å². The van der Waals surface area contributed by atoms with Crippen LogP contribution in [-0.2, 0) is 14.3 Å². The molecule has 0 bridgehead atoms. The predicted molar refractivity (Wildman–Crippen MR) is 301 cm³/mol. The molecule has 3 N–H and O–H groups in total. The Bertz CT molecular complexity index is 1080. The van der Waals surface area contributed by atoms with Gasteiger partial charge in [0, 0.05) is 12.8 Å². The normalized spacial score (nSPS) is 12.7. The fourth-order valence-corrected chi connectivity index (χ4v) is 9.69. The molecule has 69 heavy (non-hydrogen) atoms. The van der Waals surface area contributed by atoms with E-state index in [-0.39, 0.29) is 18.5 Å². The Kier molecular flexibility index (Phi) is 57.5. The number of nitrogens with one attached hydrogen (secondary N) is 1. The lowest BCUT2D eigenvalue weighted by Crippen LogP contribution is -2.45. The van der Waals surface area contributed by atoms with Crippen molar-refractivity contribution in [3.8, 4) is 0 Å². The lowest BCUT2D eigenvalue weighted by atomic mass is 10.0. The first-order chi connectivity index (χ1) is 34.0. The van der Waals surface area contributed by atoms with E-state index < -0.39 is 12.1 Å². The van der Waals surface area contributed by atoms with Crippen LogP contribution >= 0.6 is 0 Å². The van der Waals surface area contributed by atoms with Crippen LogP contribution in [0.2, 0.25) is 0 Å². The molecule has 0 aliphatic rings. The van der Waals surface area contributed by atoms with Crippen molar-refractivity contribution >= 4 is 11.9 Å². The third-order valence-electron chi connectivity index (χ3n) is 14.5. The van der Waals surface area contributed by atoms with E-state index in [2.05, 4.69) is 31.3 Å². The van der Waals surface area contributed by atoms with Crippen LogP contribution < -0.4 is 5.32 Å². The standard InChI is InChI=1S/C63H121NO5/c1-3-5-7-9-11-13-15-17-19-21-22-23-24-25-27-28-31-35-39-43-47-51-55-61(66)60(59-65)64-62(67)56-52-48-44-40-36-32-30-34-38-42-46-50-54-58-69-63(68)57-53-49-45-41-37-33-29-26-20-18-16-14-12-10-8-6-4-2/h18,20,51,55,60-61,65-66H,3-17,19,21-50,52-54,56-59H2,1-2H3,(H,64,67)/b20-18-,55-51+. The molecule has 0 radical (unpaired) electrons. The van der Waals surface area contributed by atoms with Gasteiger partial charge in [0.05, 0.1) is 25.4 Å². The number of ether oxygens (including phenoxy) is 1. The number of carbonyl (C=O) groups is 2. The van der Waals surface area contributed by atoms with Gasteiger partial charge in [-0.25, -0.2) is 0 Å². The molecule has 0 saturated heterocycles. The van der Waals surface area contributed by atoms with Crippen molar-refractivity contribution in [2.45, 2.75) is 353 Å². The maximum absolute atomic E-state index is 12.5. The van der Waals surface area contributed by atoms with Gasteiger partial charge in [0.15, 0.2) is 0 Å². The molecule has 0 spiro atoms. The molecule has 0 heterocycles. The van der Waals surface area contributed by atoms with Gasteiger partial charge in [-0.05, 0) is 57.8 Å². The monoisotopic (exact) mass is 972 g/mol. The molecular weight excluding hydrogens is 851 g/mol. The van der Waals surface area contributed by atoms with Gasteiger partial charge in [-0.2, -0.15) is 0 Å². The fraction of sp³-hybridized carbons (Fsp3) is 0.905. The maximum atomic E-state index is 12.5. The average Bonchev–Trinajstić information content (AvgIpc) is 3.35. The van der Waals surface area contributed by atoms with Crippen LogP contribution in [0.15, 0.2) is 24.3 Å². The summed E-state index contributed by atoms with van der Waals surface area (Å²) in [4.78, 5) is 24.6. The summed E-state index contributed by atoms with van der Waals surface area (Å²) in [6, 6.07) is -0.639. The summed E-state index contributed by atoms with van der Waals surface area (Å²) in [7, 11) is 0. The predicted octanol–water partition coefficient (Wildman–Crippen LogP) is 19.4. The molecule has 0 aromatic carbocycles. The highest BCUT2D eigenvalue weighted by Crippen LogP contribution is 2.17. The third-order valence-corrected chi connectivity index (χ3v) is 14.5. The number of rotatable bonds is 58. The second-order valence-electron chi connectivity index (χ2n) is 21.4. The zero-order chi connectivity index (χ0) is 50.0. The molecule has 6 nitrogen and oxygen atoms in total. The number of aliphatic hydroxyl groups excluding tert-OH is 2. The summed E-state index contributed by atoms with van der Waals surface area (Å²) in [6.45, 7) is 4.90. The van der Waals surface area contributed by atoms with E-state index in [1.807, 2.05) is 6.08 Å². The molecule has 0 saturated carbocycles. The number of hydrogen-bond donors (Lipinski definition) is 3. The summed E-state index contributed by atoms with van der Waals surface area (Å²) in [5, 5.41) is 23.2. The van der Waals surface area contributed by atoms with Gasteiger partial charge in [0.25, 0.3) is 0 Å². The van der Waals surface area contributed by atoms with Crippen molar-refractivity contribution in [3.05, 3.63) is 24.3 Å². The van der Waals surface area contributed by atoms with Crippen molar-refractivity contribution in [2.24, 2.45) is 0 Å². The zero-order valence-corrected chi connectivity index (χ0v) is 46.6. The fourth-order valence-electron chi connectivity index (χ4n) is 9.69. The van der Waals surface area contributed by atoms with Gasteiger partial charge in [-0.1, -0.05) is 295 Å². The van der Waals surface area contributed by atoms with Gasteiger partial charge < -0.3 is 20.3 Å². The van der Waals surface area contributed by atoms with Crippen molar-refractivity contribution in [2.75, 3.05) is 13.2 Å². The molecule has 408 valence electrons. The summed E-state index contributed by atoms with van der Waals surface area (Å²) in [5.41, 5.74) is 0. The van der Waals surface area contributed by atoms with E-state index >= 15 is 0 Å². The van der Waals surface area contributed by atoms with Crippen LogP contribution in [0, 0.1) is 0 Å². The van der Waals surface area contributed by atoms with E-state index in [1.165, 1.54) is 257 Å². The number of amides is 1. The molecule has 0 fully saturated rings. The first-order valence-electron chi connectivity index (χ1n) is 31.1. The SMILES string of the molecule is CCCCCCCC/C=C\CCCCCCCCCC(=O)OCCCCCCCCCCCCCCCC(=O)NC(CO)C(O)/C=C/CCCCCCCCCCCCCCCCCCCCCC. The van der Waals surface area contributed by atoms with Crippen molar-refractivity contribution in [3.63, 3.8) is 0 Å². The molecule has 1 amide bonds. The van der Waals surface area contributed by atoms with Gasteiger partial charge in [0.2, 0.25) is 5.91 Å². The van der Waals surface area contributed by atoms with E-state index in [9.17, 15) is 19.8 Å². The molecule has 2 unspecified atom stereocenters. The van der Waals surface area contributed by atoms with Crippen LogP contribution in [0.1, 0.15) is 341 Å². The Morgan fingerprint density at radius 1 is 0.391 bits per heavy atom. The van der Waals surface area contributed by atoms with Crippen LogP contribution in [0.5, 0.6) is 0 Å². The molecule has 0 aromatic rings. The number of esters is 1. The molecule has 0 aromatic heterocycles. The first-order valence-corrected chi connectivity index (χ1v) is 31.1. The summed E-state index contributed by atoms with van der Waals surface area (Å²) < 4.78 is 5.48. The highest BCUT2D eigenvalue weighted by Gasteiger charge is 2.18. The van der Waals surface area contributed by atoms with Gasteiger partial charge in [-0.15, -0.1) is 0 Å². The molecule has 0 aliphatic heterocycles. The number of unbranched alkanes of at least 4 members (excludes halogenated alkanes) is 45. The average molecular weight is 973 g/mol. The highest BCUT2D eigenvalue weighted by atomic mass is 16.5. The lowest BCUT2D eigenvalue weighted by Gasteiger charge is -2.20. The highest BCUT2D eigenvalue weighted by molar-refractivity contribution is 5.76. The largest absolute Gasteiger partial charge is 0.466 e. The minimum absolute atomic E-state index is 0.00935. The Labute approximate surface area is 431 Å². The Balaban J connectivity index is 3.47. The number of allylic oxidation sites excluding steroid dienone is 3. The maximum Gasteiger partial charge on any atom is 0.305 e. The minimum atomic E-state index is -0.854. The number of carbonyl (C=O) groups excluding carboxylic acids is 2. The Hall–Kier alpha value is -1.66. The first kappa shape index (κ1) is 67.3. The quantitative estimate of drug-likeness (QED) is 0.0321. The van der Waals surface area contributed by atoms with Crippen molar-refractivity contribution < 1.29 is 24.5 Å². The van der Waals surface area contributed by atoms with E-state index in [4.69, 9.17) is 4.74 Å². The van der Waals surface area contributed by atoms with Crippen LogP contribution in [0.25, 0.3) is 0 Å². The van der Waals surface area contributed by atoms with Crippen LogP contribution in [-0.4, -0.2) is 47.4 Å². The van der Waals surface area contributed by atoms with Gasteiger partial charge in [0.1, 0.15) is 0 Å². The van der Waals surface area contributed by atoms with Gasteiger partial charge >= 0.3 is 5.97 Å². The molecule has 2 atom stereocenters. The summed E-state index contributed by atoms with van der Waals surface area (Å²) in [5.74, 6) is -0.0870. The smallest absolute Gasteiger partial charge is 0.305 e. The molecule has 0 aliphatic carbocycles. The lowest BCUT2D eigenvalue weighted by molar-refractivity contribution is -0.143. The summed E-state index contributed by atoms with van der Waals surface area (Å²) in [6.07, 6.45) is 72.1. The Morgan fingerprint density at radius 2 is 0.681 bits per heavy atom. The minimum Gasteiger partial charge on any atom is -0.466 e. The van der Waals surface area contributed by atoms with Crippen LogP contribution in [0.4, 0.5) is 0 Å². The molecule has 0 rings (SSSR count). The van der Waals surface area contributed by atoms with E-state index in [1.54, 1.807) is 6.08 Å². The molecular formula is C63H121NO5.